The minimum atomic E-state index is -0.181. The maximum atomic E-state index is 11.7. The number of aryl methyl sites for hydroxylation is 2. The Kier molecular flexibility index (Phi) is 7.68. The molecule has 0 amide bonds. The summed E-state index contributed by atoms with van der Waals surface area (Å²) in [6.07, 6.45) is 1.91. The van der Waals surface area contributed by atoms with Crippen molar-refractivity contribution in [3.8, 4) is 0 Å². The van der Waals surface area contributed by atoms with Gasteiger partial charge < -0.3 is 15.8 Å². The molecule has 0 aromatic heterocycles. The number of aliphatic imine (C=N–C) groups is 1. The molecule has 2 rings (SSSR count). The van der Waals surface area contributed by atoms with Gasteiger partial charge in [-0.05, 0) is 55.5 Å². The van der Waals surface area contributed by atoms with E-state index in [1.165, 1.54) is 11.1 Å². The highest BCUT2D eigenvalue weighted by molar-refractivity contribution is 5.92. The summed E-state index contributed by atoms with van der Waals surface area (Å²) in [6, 6.07) is 15.7. The largest absolute Gasteiger partial charge is 0.461 e. The molecular weight excluding hydrogens is 326 g/mol. The highest BCUT2D eigenvalue weighted by atomic mass is 16.5. The molecule has 0 saturated heterocycles. The third-order valence-electron chi connectivity index (χ3n) is 4.09. The molecule has 0 radical (unpaired) electrons. The number of hydrogen-bond acceptors (Lipinski definition) is 3. The number of nitrogens with one attached hydrogen (secondary N) is 1. The van der Waals surface area contributed by atoms with Gasteiger partial charge in [-0.25, -0.2) is 0 Å². The standard InChI is InChI=1S/C21H27N3O2/c1-16-11-12-19(14-17(16)2)24-21(22)23-13-7-6-10-20(25)26-15-18-8-4-3-5-9-18/h3-5,8-9,11-12,14H,6-7,10,13,15H2,1-2H3,(H3,22,23,24). The van der Waals surface area contributed by atoms with Gasteiger partial charge in [0.25, 0.3) is 0 Å². The van der Waals surface area contributed by atoms with E-state index >= 15 is 0 Å². The SMILES string of the molecule is Cc1ccc(NC(N)=NCCCCC(=O)OCc2ccccc2)cc1C. The fourth-order valence-corrected chi connectivity index (χ4v) is 2.40. The van der Waals surface area contributed by atoms with E-state index in [1.807, 2.05) is 48.5 Å². The summed E-state index contributed by atoms with van der Waals surface area (Å²) in [4.78, 5) is 16.0. The highest BCUT2D eigenvalue weighted by Crippen LogP contribution is 2.13. The average Bonchev–Trinajstić information content (AvgIpc) is 2.63. The summed E-state index contributed by atoms with van der Waals surface area (Å²) in [6.45, 7) is 5.03. The van der Waals surface area contributed by atoms with Gasteiger partial charge in [-0.3, -0.25) is 9.79 Å². The molecule has 5 heteroatoms. The maximum absolute atomic E-state index is 11.7. The van der Waals surface area contributed by atoms with Crippen molar-refractivity contribution in [1.82, 2.24) is 0 Å². The Morgan fingerprint density at radius 3 is 2.58 bits per heavy atom. The third-order valence-corrected chi connectivity index (χ3v) is 4.09. The number of carbonyl (C=O) groups excluding carboxylic acids is 1. The van der Waals surface area contributed by atoms with E-state index < -0.39 is 0 Å². The molecule has 0 saturated carbocycles. The second-order valence-corrected chi connectivity index (χ2v) is 6.29. The maximum Gasteiger partial charge on any atom is 0.306 e. The monoisotopic (exact) mass is 353 g/mol. The fraction of sp³-hybridized carbons (Fsp3) is 0.333. The summed E-state index contributed by atoms with van der Waals surface area (Å²) in [5.41, 5.74) is 10.3. The molecule has 5 nitrogen and oxygen atoms in total. The van der Waals surface area contributed by atoms with Crippen LogP contribution in [0.25, 0.3) is 0 Å². The van der Waals surface area contributed by atoms with Crippen molar-refractivity contribution < 1.29 is 9.53 Å². The zero-order valence-electron chi connectivity index (χ0n) is 15.5. The Labute approximate surface area is 155 Å². The average molecular weight is 353 g/mol. The van der Waals surface area contributed by atoms with Crippen molar-refractivity contribution in [2.75, 3.05) is 11.9 Å². The molecule has 0 aliphatic rings. The van der Waals surface area contributed by atoms with Crippen molar-refractivity contribution >= 4 is 17.6 Å². The fourth-order valence-electron chi connectivity index (χ4n) is 2.40. The first-order valence-electron chi connectivity index (χ1n) is 8.88. The number of esters is 1. The smallest absolute Gasteiger partial charge is 0.306 e. The normalized spacial score (nSPS) is 11.2. The van der Waals surface area contributed by atoms with Gasteiger partial charge >= 0.3 is 5.97 Å². The molecular formula is C21H27N3O2. The van der Waals surface area contributed by atoms with E-state index in [4.69, 9.17) is 10.5 Å². The van der Waals surface area contributed by atoms with E-state index in [9.17, 15) is 4.79 Å². The Balaban J connectivity index is 1.62. The molecule has 0 aliphatic carbocycles. The lowest BCUT2D eigenvalue weighted by atomic mass is 10.1. The molecule has 0 unspecified atom stereocenters. The number of ether oxygens (including phenoxy) is 1. The molecule has 0 atom stereocenters. The van der Waals surface area contributed by atoms with Crippen molar-refractivity contribution in [2.24, 2.45) is 10.7 Å². The molecule has 0 heterocycles. The van der Waals surface area contributed by atoms with Crippen LogP contribution in [0.15, 0.2) is 53.5 Å². The van der Waals surface area contributed by atoms with Crippen LogP contribution in [0.4, 0.5) is 5.69 Å². The second kappa shape index (κ2) is 10.2. The minimum Gasteiger partial charge on any atom is -0.461 e. The van der Waals surface area contributed by atoms with Crippen molar-refractivity contribution in [3.63, 3.8) is 0 Å². The Morgan fingerprint density at radius 1 is 1.08 bits per heavy atom. The van der Waals surface area contributed by atoms with Crippen LogP contribution in [0.2, 0.25) is 0 Å². The lowest BCUT2D eigenvalue weighted by Gasteiger charge is -2.08. The first kappa shape index (κ1) is 19.5. The van der Waals surface area contributed by atoms with Gasteiger partial charge in [0.15, 0.2) is 5.96 Å². The number of rotatable bonds is 8. The van der Waals surface area contributed by atoms with Gasteiger partial charge in [0, 0.05) is 18.7 Å². The number of carbonyl (C=O) groups is 1. The lowest BCUT2D eigenvalue weighted by Crippen LogP contribution is -2.23. The number of anilines is 1. The lowest BCUT2D eigenvalue weighted by molar-refractivity contribution is -0.145. The van der Waals surface area contributed by atoms with Crippen molar-refractivity contribution in [1.29, 1.82) is 0 Å². The highest BCUT2D eigenvalue weighted by Gasteiger charge is 2.03. The van der Waals surface area contributed by atoms with Gasteiger partial charge in [-0.1, -0.05) is 36.4 Å². The van der Waals surface area contributed by atoms with Gasteiger partial charge in [-0.2, -0.15) is 0 Å². The van der Waals surface area contributed by atoms with Gasteiger partial charge in [0.1, 0.15) is 6.61 Å². The zero-order chi connectivity index (χ0) is 18.8. The summed E-state index contributed by atoms with van der Waals surface area (Å²) in [5, 5.41) is 3.08. The first-order chi connectivity index (χ1) is 12.5. The van der Waals surface area contributed by atoms with E-state index in [2.05, 4.69) is 24.2 Å². The van der Waals surface area contributed by atoms with Gasteiger partial charge in [-0.15, -0.1) is 0 Å². The molecule has 3 N–H and O–H groups in total. The van der Waals surface area contributed by atoms with Gasteiger partial charge in [0.05, 0.1) is 0 Å². The predicted molar refractivity (Wildman–Crippen MR) is 106 cm³/mol. The van der Waals surface area contributed by atoms with Crippen LogP contribution in [0, 0.1) is 13.8 Å². The van der Waals surface area contributed by atoms with Crippen molar-refractivity contribution in [3.05, 3.63) is 65.2 Å². The zero-order valence-corrected chi connectivity index (χ0v) is 15.5. The molecule has 0 spiro atoms. The molecule has 0 bridgehead atoms. The van der Waals surface area contributed by atoms with E-state index in [0.29, 0.717) is 25.5 Å². The molecule has 138 valence electrons. The Bertz CT molecular complexity index is 742. The molecule has 2 aromatic carbocycles. The summed E-state index contributed by atoms with van der Waals surface area (Å²) in [5.74, 6) is 0.207. The van der Waals surface area contributed by atoms with E-state index in [1.54, 1.807) is 0 Å². The number of guanidine groups is 1. The van der Waals surface area contributed by atoms with Crippen LogP contribution >= 0.6 is 0 Å². The number of benzene rings is 2. The van der Waals surface area contributed by atoms with E-state index in [0.717, 1.165) is 24.1 Å². The predicted octanol–water partition coefficient (Wildman–Crippen LogP) is 3.94. The first-order valence-corrected chi connectivity index (χ1v) is 8.88. The summed E-state index contributed by atoms with van der Waals surface area (Å²) in [7, 11) is 0. The van der Waals surface area contributed by atoms with Crippen molar-refractivity contribution in [2.45, 2.75) is 39.7 Å². The Hall–Kier alpha value is -2.82. The van der Waals surface area contributed by atoms with Crippen LogP contribution < -0.4 is 11.1 Å². The van der Waals surface area contributed by atoms with Crippen LogP contribution in [-0.2, 0) is 16.1 Å². The molecule has 2 aromatic rings. The number of hydrogen-bond donors (Lipinski definition) is 2. The summed E-state index contributed by atoms with van der Waals surface area (Å²) < 4.78 is 5.24. The number of nitrogens with two attached hydrogens (primary N) is 1. The number of unbranched alkanes of at least 4 members (excludes halogenated alkanes) is 1. The van der Waals surface area contributed by atoms with Gasteiger partial charge in [0.2, 0.25) is 0 Å². The quantitative estimate of drug-likeness (QED) is 0.326. The van der Waals surface area contributed by atoms with Crippen LogP contribution in [0.3, 0.4) is 0 Å². The molecule has 0 aliphatic heterocycles. The molecule has 26 heavy (non-hydrogen) atoms. The Morgan fingerprint density at radius 2 is 1.85 bits per heavy atom. The molecule has 0 fully saturated rings. The van der Waals surface area contributed by atoms with Crippen LogP contribution in [0.1, 0.15) is 36.0 Å². The van der Waals surface area contributed by atoms with E-state index in [-0.39, 0.29) is 5.97 Å². The number of nitrogens with zero attached hydrogens (tertiary/aromatic N) is 1. The van der Waals surface area contributed by atoms with Crippen LogP contribution in [0.5, 0.6) is 0 Å². The summed E-state index contributed by atoms with van der Waals surface area (Å²) >= 11 is 0. The van der Waals surface area contributed by atoms with Crippen LogP contribution in [-0.4, -0.2) is 18.5 Å². The second-order valence-electron chi connectivity index (χ2n) is 6.29. The minimum absolute atomic E-state index is 0.181. The third kappa shape index (κ3) is 6.97. The topological polar surface area (TPSA) is 76.7 Å².